The average molecular weight is 591 g/mol. The van der Waals surface area contributed by atoms with Crippen LogP contribution in [0.1, 0.15) is 50.7 Å². The summed E-state index contributed by atoms with van der Waals surface area (Å²) in [5, 5.41) is 3.85. The third-order valence-electron chi connectivity index (χ3n) is 6.98. The van der Waals surface area contributed by atoms with E-state index in [1.807, 2.05) is 84.3 Å². The van der Waals surface area contributed by atoms with E-state index in [4.69, 9.17) is 14.2 Å². The first-order valence-electron chi connectivity index (χ1n) is 14.1. The van der Waals surface area contributed by atoms with Crippen molar-refractivity contribution in [3.05, 3.63) is 111 Å². The number of benzene rings is 3. The summed E-state index contributed by atoms with van der Waals surface area (Å²) in [4.78, 5) is 33.2. The van der Waals surface area contributed by atoms with Crippen molar-refractivity contribution in [2.24, 2.45) is 0 Å². The van der Waals surface area contributed by atoms with E-state index in [1.165, 1.54) is 0 Å². The molecule has 0 radical (unpaired) electrons. The van der Waals surface area contributed by atoms with Gasteiger partial charge < -0.3 is 4.74 Å². The molecule has 1 N–H and O–H groups in total. The summed E-state index contributed by atoms with van der Waals surface area (Å²) in [6.07, 6.45) is 3.21. The molecule has 0 saturated heterocycles. The Labute approximate surface area is 287 Å². The molecular formula is C33H35KN4O4. The average Bonchev–Trinajstić information content (AvgIpc) is 3.44. The molecule has 212 valence electrons. The van der Waals surface area contributed by atoms with E-state index < -0.39 is 5.76 Å². The van der Waals surface area contributed by atoms with Crippen LogP contribution in [0.5, 0.6) is 5.75 Å². The standard InChI is InChI=1S/C33H34N4O4.K.H/c1-4-9-29-34-28(6-3)30(24-16-18-25(19-17-24)40-20-5-2)32(38)37(29)21-22-12-14-23(15-13-22)26-10-7-8-11-27(26)31-35-33(39)41-36-31;;/h7-8,10-19H,4-6,9,20-21H2,1-3H3,(H,35,36,39);;. The van der Waals surface area contributed by atoms with Crippen LogP contribution in [0.3, 0.4) is 0 Å². The second-order valence-corrected chi connectivity index (χ2v) is 9.90. The van der Waals surface area contributed by atoms with E-state index in [0.717, 1.165) is 57.9 Å². The monoisotopic (exact) mass is 590 g/mol. The number of nitrogens with zero attached hydrogens (tertiary/aromatic N) is 3. The number of ether oxygens (including phenoxy) is 1. The Morgan fingerprint density at radius 2 is 1.55 bits per heavy atom. The van der Waals surface area contributed by atoms with Gasteiger partial charge in [0.15, 0.2) is 5.82 Å². The van der Waals surface area contributed by atoms with Gasteiger partial charge in [0, 0.05) is 12.0 Å². The molecule has 0 spiro atoms. The SMILES string of the molecule is CCCOc1ccc(-c2c(CC)nc(CCC)n(Cc3ccc(-c4ccccc4-c4noc(=O)[nH]4)cc3)c2=O)cc1.[KH]. The van der Waals surface area contributed by atoms with Crippen molar-refractivity contribution in [3.63, 3.8) is 0 Å². The van der Waals surface area contributed by atoms with Gasteiger partial charge in [-0.3, -0.25) is 18.9 Å². The molecule has 9 heteroatoms. The van der Waals surface area contributed by atoms with Gasteiger partial charge in [0.25, 0.3) is 5.56 Å². The van der Waals surface area contributed by atoms with Crippen molar-refractivity contribution >= 4 is 51.4 Å². The van der Waals surface area contributed by atoms with E-state index in [0.29, 0.717) is 37.4 Å². The molecule has 5 aromatic rings. The number of nitrogens with one attached hydrogen (secondary N) is 1. The molecule has 2 heterocycles. The van der Waals surface area contributed by atoms with Gasteiger partial charge in [0.1, 0.15) is 11.6 Å². The van der Waals surface area contributed by atoms with Gasteiger partial charge >= 0.3 is 57.1 Å². The fourth-order valence-electron chi connectivity index (χ4n) is 4.97. The summed E-state index contributed by atoms with van der Waals surface area (Å²) < 4.78 is 12.3. The van der Waals surface area contributed by atoms with Crippen molar-refractivity contribution in [1.29, 1.82) is 0 Å². The Balaban J connectivity index is 0.00000405. The Hall–Kier alpha value is -3.08. The zero-order valence-electron chi connectivity index (χ0n) is 23.6. The quantitative estimate of drug-likeness (QED) is 0.200. The molecule has 5 rings (SSSR count). The summed E-state index contributed by atoms with van der Waals surface area (Å²) in [6, 6.07) is 23.5. The summed E-state index contributed by atoms with van der Waals surface area (Å²) >= 11 is 0. The number of H-pyrrole nitrogens is 1. The van der Waals surface area contributed by atoms with E-state index in [9.17, 15) is 9.59 Å². The van der Waals surface area contributed by atoms with Crippen LogP contribution in [0.25, 0.3) is 33.6 Å². The molecule has 0 amide bonds. The van der Waals surface area contributed by atoms with Crippen LogP contribution in [0.4, 0.5) is 0 Å². The van der Waals surface area contributed by atoms with Gasteiger partial charge in [-0.2, -0.15) is 0 Å². The van der Waals surface area contributed by atoms with E-state index in [1.54, 1.807) is 0 Å². The normalized spacial score (nSPS) is 10.8. The van der Waals surface area contributed by atoms with Gasteiger partial charge in [-0.1, -0.05) is 86.6 Å². The Bertz CT molecular complexity index is 1740. The minimum absolute atomic E-state index is 0. The molecule has 0 aliphatic rings. The molecule has 42 heavy (non-hydrogen) atoms. The van der Waals surface area contributed by atoms with Crippen molar-refractivity contribution in [2.45, 2.75) is 53.0 Å². The summed E-state index contributed by atoms with van der Waals surface area (Å²) in [6.45, 7) is 7.27. The van der Waals surface area contributed by atoms with Crippen LogP contribution < -0.4 is 16.1 Å². The first-order chi connectivity index (χ1) is 20.0. The third-order valence-corrected chi connectivity index (χ3v) is 6.98. The van der Waals surface area contributed by atoms with Crippen LogP contribution in [0.15, 0.2) is 86.9 Å². The Morgan fingerprint density at radius 1 is 0.857 bits per heavy atom. The second-order valence-electron chi connectivity index (χ2n) is 9.90. The first-order valence-corrected chi connectivity index (χ1v) is 14.1. The van der Waals surface area contributed by atoms with Crippen molar-refractivity contribution in [3.8, 4) is 39.4 Å². The number of aryl methyl sites for hydroxylation is 2. The van der Waals surface area contributed by atoms with Crippen LogP contribution in [-0.4, -0.2) is 77.7 Å². The fraction of sp³-hybridized carbons (Fsp3) is 0.273. The molecular weight excluding hydrogens is 555 g/mol. The first kappa shape index (κ1) is 31.8. The molecule has 0 atom stereocenters. The van der Waals surface area contributed by atoms with E-state index in [2.05, 4.69) is 24.0 Å². The van der Waals surface area contributed by atoms with Crippen LogP contribution in [0.2, 0.25) is 0 Å². The molecule has 0 aliphatic carbocycles. The predicted octanol–water partition coefficient (Wildman–Crippen LogP) is 5.62. The zero-order chi connectivity index (χ0) is 28.8. The number of aromatic nitrogens is 4. The fourth-order valence-corrected chi connectivity index (χ4v) is 4.97. The number of hydrogen-bond acceptors (Lipinski definition) is 6. The van der Waals surface area contributed by atoms with E-state index >= 15 is 0 Å². The Kier molecular flexibility index (Phi) is 11.3. The summed E-state index contributed by atoms with van der Waals surface area (Å²) in [5.41, 5.74) is 5.89. The van der Waals surface area contributed by atoms with Crippen molar-refractivity contribution in [2.75, 3.05) is 6.61 Å². The van der Waals surface area contributed by atoms with Crippen LogP contribution in [0, 0.1) is 0 Å². The van der Waals surface area contributed by atoms with Crippen LogP contribution >= 0.6 is 0 Å². The molecule has 0 saturated carbocycles. The maximum absolute atomic E-state index is 14.0. The number of aromatic amines is 1. The minimum atomic E-state index is -0.596. The van der Waals surface area contributed by atoms with Gasteiger partial charge in [0.05, 0.1) is 24.4 Å². The zero-order valence-corrected chi connectivity index (χ0v) is 23.6. The molecule has 0 aliphatic heterocycles. The maximum atomic E-state index is 14.0. The molecule has 2 aromatic heterocycles. The topological polar surface area (TPSA) is 103 Å². The van der Waals surface area contributed by atoms with Gasteiger partial charge in [-0.05, 0) is 53.6 Å². The molecule has 0 fully saturated rings. The summed E-state index contributed by atoms with van der Waals surface area (Å²) in [5.74, 6) is 1.37. The van der Waals surface area contributed by atoms with Gasteiger partial charge in [-0.25, -0.2) is 9.78 Å². The predicted molar refractivity (Wildman–Crippen MR) is 167 cm³/mol. The summed E-state index contributed by atoms with van der Waals surface area (Å²) in [7, 11) is 0. The second kappa shape index (κ2) is 14.9. The van der Waals surface area contributed by atoms with E-state index in [-0.39, 0.29) is 56.9 Å². The molecule has 0 unspecified atom stereocenters. The Morgan fingerprint density at radius 3 is 2.17 bits per heavy atom. The number of rotatable bonds is 11. The van der Waals surface area contributed by atoms with Crippen molar-refractivity contribution < 1.29 is 9.26 Å². The van der Waals surface area contributed by atoms with Gasteiger partial charge in [-0.15, -0.1) is 0 Å². The molecule has 8 nitrogen and oxygen atoms in total. The van der Waals surface area contributed by atoms with Crippen molar-refractivity contribution in [1.82, 2.24) is 19.7 Å². The third kappa shape index (κ3) is 7.10. The van der Waals surface area contributed by atoms with Gasteiger partial charge in [0.2, 0.25) is 0 Å². The number of hydrogen-bond donors (Lipinski definition) is 1. The van der Waals surface area contributed by atoms with Crippen LogP contribution in [-0.2, 0) is 19.4 Å². The molecule has 3 aromatic carbocycles. The molecule has 0 bridgehead atoms.